The molecule has 1 saturated heterocycles. The summed E-state index contributed by atoms with van der Waals surface area (Å²) in [5.41, 5.74) is 0.509. The van der Waals surface area contributed by atoms with Crippen LogP contribution in [0.15, 0.2) is 76.2 Å². The van der Waals surface area contributed by atoms with Gasteiger partial charge in [0.25, 0.3) is 5.69 Å². The van der Waals surface area contributed by atoms with E-state index in [0.29, 0.717) is 51.6 Å². The van der Waals surface area contributed by atoms with E-state index in [2.05, 4.69) is 4.90 Å². The molecule has 2 heterocycles. The highest BCUT2D eigenvalue weighted by atomic mass is 35.5. The molecular weight excluding hydrogens is 560 g/mol. The molecule has 3 aromatic rings. The first-order chi connectivity index (χ1) is 19.2. The summed E-state index contributed by atoms with van der Waals surface area (Å²) in [5, 5.41) is 11.3. The number of nitrogens with zero attached hydrogens (tertiary/aromatic N) is 4. The third-order valence-corrected chi connectivity index (χ3v) is 8.79. The number of rotatable bonds is 13. The zero-order chi connectivity index (χ0) is 28.5. The molecule has 1 fully saturated rings. The maximum absolute atomic E-state index is 13.8. The first kappa shape index (κ1) is 29.7. The molecule has 0 radical (unpaired) electrons. The molecule has 2 aromatic carbocycles. The second-order valence-electron chi connectivity index (χ2n) is 9.29. The minimum absolute atomic E-state index is 0.0117. The van der Waals surface area contributed by atoms with Gasteiger partial charge in [-0.25, -0.2) is 8.42 Å². The number of hydrogen-bond donors (Lipinski definition) is 0. The summed E-state index contributed by atoms with van der Waals surface area (Å²) in [6.45, 7) is 2.78. The predicted octanol–water partition coefficient (Wildman–Crippen LogP) is 3.44. The van der Waals surface area contributed by atoms with Crippen molar-refractivity contribution in [3.63, 3.8) is 0 Å². The van der Waals surface area contributed by atoms with Gasteiger partial charge in [-0.1, -0.05) is 41.9 Å². The van der Waals surface area contributed by atoms with Gasteiger partial charge in [0.2, 0.25) is 15.9 Å². The third-order valence-electron chi connectivity index (χ3n) is 6.63. The second-order valence-corrected chi connectivity index (χ2v) is 11.6. The van der Waals surface area contributed by atoms with Gasteiger partial charge in [0, 0.05) is 38.8 Å². The molecule has 1 aromatic heterocycles. The lowest BCUT2D eigenvalue weighted by Gasteiger charge is -2.30. The summed E-state index contributed by atoms with van der Waals surface area (Å²) in [4.78, 5) is 27.7. The van der Waals surface area contributed by atoms with Gasteiger partial charge in [0.15, 0.2) is 0 Å². The first-order valence-electron chi connectivity index (χ1n) is 12.8. The SMILES string of the molecule is O=C(CN(CCN1CCOCC1)S(=O)(=O)c1ccc(Cl)c([N+](=O)[O-])c1)N(CCc1ccccc1)Cc1ccco1. The van der Waals surface area contributed by atoms with E-state index < -0.39 is 33.1 Å². The number of hydrogen-bond acceptors (Lipinski definition) is 8. The number of nitro groups is 1. The number of ether oxygens (including phenoxy) is 1. The maximum Gasteiger partial charge on any atom is 0.289 e. The van der Waals surface area contributed by atoms with E-state index in [1.54, 1.807) is 17.0 Å². The Balaban J connectivity index is 1.58. The van der Waals surface area contributed by atoms with E-state index in [1.807, 2.05) is 30.3 Å². The average Bonchev–Trinajstić information content (AvgIpc) is 3.47. The van der Waals surface area contributed by atoms with Crippen LogP contribution >= 0.6 is 11.6 Å². The molecule has 0 unspecified atom stereocenters. The molecule has 4 rings (SSSR count). The molecule has 0 aliphatic carbocycles. The fourth-order valence-corrected chi connectivity index (χ4v) is 5.93. The van der Waals surface area contributed by atoms with Crippen molar-refractivity contribution in [3.05, 3.63) is 93.4 Å². The van der Waals surface area contributed by atoms with Crippen molar-refractivity contribution in [2.75, 3.05) is 52.5 Å². The Kier molecular flexibility index (Phi) is 10.3. The van der Waals surface area contributed by atoms with Crippen molar-refractivity contribution in [1.29, 1.82) is 0 Å². The highest BCUT2D eigenvalue weighted by molar-refractivity contribution is 7.89. The zero-order valence-corrected chi connectivity index (χ0v) is 23.4. The van der Waals surface area contributed by atoms with Crippen molar-refractivity contribution in [2.24, 2.45) is 0 Å². The Morgan fingerprint density at radius 1 is 1.05 bits per heavy atom. The van der Waals surface area contributed by atoms with Gasteiger partial charge in [0.05, 0.1) is 42.4 Å². The highest BCUT2D eigenvalue weighted by Gasteiger charge is 2.31. The van der Waals surface area contributed by atoms with Gasteiger partial charge < -0.3 is 14.1 Å². The van der Waals surface area contributed by atoms with E-state index in [-0.39, 0.29) is 23.0 Å². The van der Waals surface area contributed by atoms with Gasteiger partial charge in [-0.15, -0.1) is 0 Å². The molecule has 1 aliphatic rings. The van der Waals surface area contributed by atoms with Crippen molar-refractivity contribution in [3.8, 4) is 0 Å². The van der Waals surface area contributed by atoms with Crippen molar-refractivity contribution < 1.29 is 27.3 Å². The van der Waals surface area contributed by atoms with Gasteiger partial charge in [-0.3, -0.25) is 19.8 Å². The number of amides is 1. The van der Waals surface area contributed by atoms with Crippen LogP contribution in [0, 0.1) is 10.1 Å². The van der Waals surface area contributed by atoms with E-state index in [0.717, 1.165) is 15.9 Å². The molecule has 1 amide bonds. The van der Waals surface area contributed by atoms with E-state index in [9.17, 15) is 23.3 Å². The normalized spacial score (nSPS) is 14.3. The number of sulfonamides is 1. The van der Waals surface area contributed by atoms with E-state index >= 15 is 0 Å². The van der Waals surface area contributed by atoms with Crippen LogP contribution in [0.5, 0.6) is 0 Å². The summed E-state index contributed by atoms with van der Waals surface area (Å²) in [5.74, 6) is 0.152. The Hall–Kier alpha value is -3.29. The molecule has 11 nitrogen and oxygen atoms in total. The summed E-state index contributed by atoms with van der Waals surface area (Å²) in [6, 6.07) is 16.5. The number of carbonyl (C=O) groups is 1. The molecule has 13 heteroatoms. The minimum Gasteiger partial charge on any atom is -0.467 e. The maximum atomic E-state index is 13.8. The van der Waals surface area contributed by atoms with Crippen molar-refractivity contribution in [2.45, 2.75) is 17.9 Å². The Bertz CT molecular complexity index is 1380. The fourth-order valence-electron chi connectivity index (χ4n) is 4.35. The summed E-state index contributed by atoms with van der Waals surface area (Å²) < 4.78 is 39.5. The largest absolute Gasteiger partial charge is 0.467 e. The van der Waals surface area contributed by atoms with Gasteiger partial charge in [-0.05, 0) is 36.2 Å². The summed E-state index contributed by atoms with van der Waals surface area (Å²) in [7, 11) is -4.29. The van der Waals surface area contributed by atoms with Crippen molar-refractivity contribution in [1.82, 2.24) is 14.1 Å². The number of halogens is 1. The molecule has 40 heavy (non-hydrogen) atoms. The Morgan fingerprint density at radius 2 is 1.80 bits per heavy atom. The first-order valence-corrected chi connectivity index (χ1v) is 14.6. The average molecular weight is 591 g/mol. The number of furan rings is 1. The fraction of sp³-hybridized carbons (Fsp3) is 0.370. The van der Waals surface area contributed by atoms with Crippen LogP contribution in [0.4, 0.5) is 5.69 Å². The molecule has 0 atom stereocenters. The van der Waals surface area contributed by atoms with Crippen LogP contribution in [-0.4, -0.2) is 85.8 Å². The van der Waals surface area contributed by atoms with Crippen LogP contribution in [0.1, 0.15) is 11.3 Å². The lowest BCUT2D eigenvalue weighted by atomic mass is 10.1. The van der Waals surface area contributed by atoms with Crippen LogP contribution in [0.2, 0.25) is 5.02 Å². The Morgan fingerprint density at radius 3 is 2.48 bits per heavy atom. The molecular formula is C27H31ClN4O7S. The standard InChI is InChI=1S/C27H31ClN4O7S/c28-25-9-8-24(19-26(25)32(34)35)40(36,37)31(13-12-29-14-17-38-18-15-29)21-27(33)30(20-23-7-4-16-39-23)11-10-22-5-2-1-3-6-22/h1-9,16,19H,10-15,17-18,20-21H2. The number of morpholine rings is 1. The third kappa shape index (κ3) is 7.89. The molecule has 214 valence electrons. The molecule has 0 spiro atoms. The van der Waals surface area contributed by atoms with Gasteiger partial charge in [-0.2, -0.15) is 4.31 Å². The quantitative estimate of drug-likeness (QED) is 0.219. The summed E-state index contributed by atoms with van der Waals surface area (Å²) >= 11 is 5.92. The number of benzene rings is 2. The topological polar surface area (TPSA) is 126 Å². The van der Waals surface area contributed by atoms with Crippen LogP contribution in [0.25, 0.3) is 0 Å². The smallest absolute Gasteiger partial charge is 0.289 e. The monoisotopic (exact) mass is 590 g/mol. The number of nitro benzene ring substituents is 1. The van der Waals surface area contributed by atoms with Crippen LogP contribution in [-0.2, 0) is 32.5 Å². The lowest BCUT2D eigenvalue weighted by molar-refractivity contribution is -0.384. The minimum atomic E-state index is -4.29. The molecule has 0 saturated carbocycles. The Labute approximate surface area is 238 Å². The van der Waals surface area contributed by atoms with Crippen molar-refractivity contribution >= 4 is 33.2 Å². The molecule has 0 N–H and O–H groups in total. The highest BCUT2D eigenvalue weighted by Crippen LogP contribution is 2.28. The lowest BCUT2D eigenvalue weighted by Crippen LogP contribution is -2.47. The second kappa shape index (κ2) is 13.9. The van der Waals surface area contributed by atoms with Gasteiger partial charge in [0.1, 0.15) is 10.8 Å². The van der Waals surface area contributed by atoms with Crippen LogP contribution < -0.4 is 0 Å². The van der Waals surface area contributed by atoms with Gasteiger partial charge >= 0.3 is 0 Å². The van der Waals surface area contributed by atoms with E-state index in [1.165, 1.54) is 18.4 Å². The predicted molar refractivity (Wildman–Crippen MR) is 148 cm³/mol. The van der Waals surface area contributed by atoms with E-state index in [4.69, 9.17) is 20.8 Å². The summed E-state index contributed by atoms with van der Waals surface area (Å²) in [6.07, 6.45) is 2.08. The molecule has 1 aliphatic heterocycles. The zero-order valence-electron chi connectivity index (χ0n) is 21.9. The number of carbonyl (C=O) groups excluding carboxylic acids is 1. The molecule has 0 bridgehead atoms. The van der Waals surface area contributed by atoms with Crippen LogP contribution in [0.3, 0.4) is 0 Å².